The minimum atomic E-state index is -0.378. The normalized spacial score (nSPS) is 15.3. The Morgan fingerprint density at radius 3 is 2.68 bits per heavy atom. The van der Waals surface area contributed by atoms with E-state index in [-0.39, 0.29) is 12.8 Å². The van der Waals surface area contributed by atoms with E-state index in [0.29, 0.717) is 34.6 Å². The van der Waals surface area contributed by atoms with E-state index < -0.39 is 0 Å². The molecule has 2 amide bonds. The lowest BCUT2D eigenvalue weighted by Crippen LogP contribution is -2.31. The topological polar surface area (TPSA) is 91.9 Å². The van der Waals surface area contributed by atoms with Crippen molar-refractivity contribution < 1.29 is 14.3 Å². The molecule has 9 nitrogen and oxygen atoms in total. The summed E-state index contributed by atoms with van der Waals surface area (Å²) in [4.78, 5) is 25.6. The Bertz CT molecular complexity index is 867. The number of fused-ring (bicyclic) bond motifs is 1. The second-order valence-corrected chi connectivity index (χ2v) is 7.00. The lowest BCUT2D eigenvalue weighted by Gasteiger charge is -2.28. The van der Waals surface area contributed by atoms with Crippen LogP contribution in [0.3, 0.4) is 0 Å². The number of piperidine rings is 1. The summed E-state index contributed by atoms with van der Waals surface area (Å²) in [6.07, 6.45) is 5.21. The number of nitrogens with zero attached hydrogens (tertiary/aromatic N) is 4. The van der Waals surface area contributed by atoms with Gasteiger partial charge in [-0.05, 0) is 31.4 Å². The van der Waals surface area contributed by atoms with Crippen molar-refractivity contribution in [2.45, 2.75) is 19.3 Å². The Hall–Kier alpha value is -3.23. The van der Waals surface area contributed by atoms with E-state index in [0.717, 1.165) is 25.9 Å². The van der Waals surface area contributed by atoms with Crippen LogP contribution in [0.4, 0.5) is 27.9 Å². The van der Waals surface area contributed by atoms with Crippen molar-refractivity contribution in [3.05, 3.63) is 24.4 Å². The van der Waals surface area contributed by atoms with Crippen LogP contribution in [0.25, 0.3) is 0 Å². The number of carbonyl (C=O) groups is 1. The number of ether oxygens (including phenoxy) is 2. The van der Waals surface area contributed by atoms with Crippen LogP contribution in [-0.4, -0.2) is 50.0 Å². The monoisotopic (exact) mass is 384 g/mol. The van der Waals surface area contributed by atoms with Crippen molar-refractivity contribution in [3.63, 3.8) is 0 Å². The van der Waals surface area contributed by atoms with Gasteiger partial charge in [-0.25, -0.2) is 9.78 Å². The number of amides is 2. The van der Waals surface area contributed by atoms with Crippen LogP contribution in [0.2, 0.25) is 0 Å². The van der Waals surface area contributed by atoms with Gasteiger partial charge in [-0.15, -0.1) is 0 Å². The third-order valence-electron chi connectivity index (χ3n) is 4.70. The highest BCUT2D eigenvalue weighted by molar-refractivity contribution is 6.01. The third kappa shape index (κ3) is 3.88. The smallest absolute Gasteiger partial charge is 0.323 e. The summed E-state index contributed by atoms with van der Waals surface area (Å²) in [5.41, 5.74) is 1.16. The first kappa shape index (κ1) is 18.1. The van der Waals surface area contributed by atoms with Gasteiger partial charge >= 0.3 is 6.03 Å². The van der Waals surface area contributed by atoms with Gasteiger partial charge in [0.25, 0.3) is 0 Å². The predicted octanol–water partition coefficient (Wildman–Crippen LogP) is 2.91. The van der Waals surface area contributed by atoms with Gasteiger partial charge in [-0.2, -0.15) is 4.98 Å². The van der Waals surface area contributed by atoms with Crippen molar-refractivity contribution in [2.24, 2.45) is 0 Å². The molecule has 0 spiro atoms. The number of rotatable bonds is 4. The molecule has 0 aliphatic carbocycles. The quantitative estimate of drug-likeness (QED) is 0.837. The maximum absolute atomic E-state index is 12.5. The van der Waals surface area contributed by atoms with Crippen LogP contribution in [-0.2, 0) is 0 Å². The summed E-state index contributed by atoms with van der Waals surface area (Å²) in [5.74, 6) is 2.64. The third-order valence-corrected chi connectivity index (χ3v) is 4.70. The van der Waals surface area contributed by atoms with Crippen molar-refractivity contribution in [3.8, 4) is 11.5 Å². The molecule has 2 aliphatic heterocycles. The lowest BCUT2D eigenvalue weighted by atomic mass is 10.1. The van der Waals surface area contributed by atoms with Crippen LogP contribution >= 0.6 is 0 Å². The molecule has 148 valence electrons. The molecule has 2 N–H and O–H groups in total. The first-order valence-electron chi connectivity index (χ1n) is 9.37. The van der Waals surface area contributed by atoms with Gasteiger partial charge in [0.1, 0.15) is 5.69 Å². The average Bonchev–Trinajstić information content (AvgIpc) is 3.16. The van der Waals surface area contributed by atoms with Gasteiger partial charge in [-0.1, -0.05) is 0 Å². The summed E-state index contributed by atoms with van der Waals surface area (Å²) >= 11 is 0. The Balaban J connectivity index is 1.47. The zero-order valence-corrected chi connectivity index (χ0v) is 16.1. The average molecular weight is 384 g/mol. The summed E-state index contributed by atoms with van der Waals surface area (Å²) in [5, 5.41) is 5.63. The Morgan fingerprint density at radius 1 is 1.11 bits per heavy atom. The van der Waals surface area contributed by atoms with Gasteiger partial charge < -0.3 is 29.9 Å². The van der Waals surface area contributed by atoms with Crippen molar-refractivity contribution in [2.75, 3.05) is 54.4 Å². The molecule has 2 aliphatic rings. The van der Waals surface area contributed by atoms with Gasteiger partial charge in [0.2, 0.25) is 12.7 Å². The van der Waals surface area contributed by atoms with Crippen molar-refractivity contribution in [1.29, 1.82) is 0 Å². The standard InChI is InChI=1S/C19H24N6O3/c1-24(2)17-14(11-20-18(23-17)25-8-4-3-5-9-25)22-19(26)21-13-6-7-15-16(10-13)28-12-27-15/h6-7,10-11H,3-5,8-9,12H2,1-2H3,(H2,21,22,26). The first-order valence-corrected chi connectivity index (χ1v) is 9.37. The zero-order chi connectivity index (χ0) is 19.5. The molecule has 28 heavy (non-hydrogen) atoms. The highest BCUT2D eigenvalue weighted by Gasteiger charge is 2.18. The lowest BCUT2D eigenvalue weighted by molar-refractivity contribution is 0.174. The molecular formula is C19H24N6O3. The van der Waals surface area contributed by atoms with E-state index in [1.165, 1.54) is 6.42 Å². The molecule has 0 radical (unpaired) electrons. The van der Waals surface area contributed by atoms with E-state index in [9.17, 15) is 4.79 Å². The minimum Gasteiger partial charge on any atom is -0.454 e. The van der Waals surface area contributed by atoms with E-state index in [4.69, 9.17) is 9.47 Å². The molecule has 0 bridgehead atoms. The van der Waals surface area contributed by atoms with Crippen LogP contribution < -0.4 is 29.9 Å². The van der Waals surface area contributed by atoms with Crippen LogP contribution in [0, 0.1) is 0 Å². The highest BCUT2D eigenvalue weighted by atomic mass is 16.7. The molecule has 0 atom stereocenters. The van der Waals surface area contributed by atoms with E-state index in [1.807, 2.05) is 19.0 Å². The van der Waals surface area contributed by atoms with Gasteiger partial charge in [-0.3, -0.25) is 0 Å². The second-order valence-electron chi connectivity index (χ2n) is 7.00. The molecule has 1 aromatic carbocycles. The van der Waals surface area contributed by atoms with Crippen molar-refractivity contribution >= 4 is 29.2 Å². The number of carbonyl (C=O) groups excluding carboxylic acids is 1. The number of anilines is 4. The minimum absolute atomic E-state index is 0.192. The molecule has 9 heteroatoms. The number of hydrogen-bond acceptors (Lipinski definition) is 7. The maximum Gasteiger partial charge on any atom is 0.323 e. The molecule has 0 unspecified atom stereocenters. The van der Waals surface area contributed by atoms with Crippen LogP contribution in [0.15, 0.2) is 24.4 Å². The summed E-state index contributed by atoms with van der Waals surface area (Å²) < 4.78 is 10.6. The number of aromatic nitrogens is 2. The Morgan fingerprint density at radius 2 is 1.89 bits per heavy atom. The molecule has 4 rings (SSSR count). The number of nitrogens with one attached hydrogen (secondary N) is 2. The maximum atomic E-state index is 12.5. The Labute approximate surface area is 163 Å². The summed E-state index contributed by atoms with van der Waals surface area (Å²) in [6, 6.07) is 4.87. The number of hydrogen-bond donors (Lipinski definition) is 2. The highest BCUT2D eigenvalue weighted by Crippen LogP contribution is 2.34. The number of urea groups is 1. The van der Waals surface area contributed by atoms with Gasteiger partial charge in [0, 0.05) is 38.9 Å². The summed E-state index contributed by atoms with van der Waals surface area (Å²) in [6.45, 7) is 2.12. The van der Waals surface area contributed by atoms with Crippen LogP contribution in [0.1, 0.15) is 19.3 Å². The van der Waals surface area contributed by atoms with Crippen LogP contribution in [0.5, 0.6) is 11.5 Å². The zero-order valence-electron chi connectivity index (χ0n) is 16.1. The van der Waals surface area contributed by atoms with E-state index >= 15 is 0 Å². The number of benzene rings is 1. The molecule has 1 aromatic heterocycles. The first-order chi connectivity index (χ1) is 13.6. The van der Waals surface area contributed by atoms with Crippen molar-refractivity contribution in [1.82, 2.24) is 9.97 Å². The molecule has 1 fully saturated rings. The van der Waals surface area contributed by atoms with E-state index in [2.05, 4.69) is 25.5 Å². The van der Waals surface area contributed by atoms with Gasteiger partial charge in [0.15, 0.2) is 17.3 Å². The molecule has 2 aromatic rings. The Kier molecular flexibility index (Phi) is 5.05. The van der Waals surface area contributed by atoms with Gasteiger partial charge in [0.05, 0.1) is 6.20 Å². The SMILES string of the molecule is CN(C)c1nc(N2CCCCC2)ncc1NC(=O)Nc1ccc2c(c1)OCO2. The second kappa shape index (κ2) is 7.79. The fraction of sp³-hybridized carbons (Fsp3) is 0.421. The fourth-order valence-electron chi connectivity index (χ4n) is 3.30. The fourth-order valence-corrected chi connectivity index (χ4v) is 3.30. The van der Waals surface area contributed by atoms with E-state index in [1.54, 1.807) is 24.4 Å². The molecule has 0 saturated carbocycles. The predicted molar refractivity (Wildman–Crippen MR) is 108 cm³/mol. The molecular weight excluding hydrogens is 360 g/mol. The summed E-state index contributed by atoms with van der Waals surface area (Å²) in [7, 11) is 3.78. The molecule has 3 heterocycles. The largest absolute Gasteiger partial charge is 0.454 e. The molecule has 1 saturated heterocycles.